The van der Waals surface area contributed by atoms with Gasteiger partial charge in [0.25, 0.3) is 0 Å². The quantitative estimate of drug-likeness (QED) is 0.121. The molecule has 0 aromatic carbocycles. The van der Waals surface area contributed by atoms with E-state index in [1.165, 1.54) is 0 Å². The van der Waals surface area contributed by atoms with Crippen LogP contribution in [0.2, 0.25) is 0 Å². The number of rotatable bonds is 15. The Hall–Kier alpha value is -2.47. The van der Waals surface area contributed by atoms with E-state index in [4.69, 9.17) is 0 Å². The van der Waals surface area contributed by atoms with Gasteiger partial charge in [-0.25, -0.2) is 0 Å². The summed E-state index contributed by atoms with van der Waals surface area (Å²) in [6, 6.07) is 0. The van der Waals surface area contributed by atoms with Crippen molar-refractivity contribution in [3.8, 4) is 0 Å². The molecular weight excluding hydrogens is 918 g/mol. The second-order valence-electron chi connectivity index (χ2n) is 9.46. The largest absolute Gasteiger partial charge is 0.460 e. The molecule has 0 amide bonds. The molecule has 38 heteroatoms. The molecule has 0 saturated heterocycles. The summed E-state index contributed by atoms with van der Waals surface area (Å²) in [5, 5.41) is -8.92. The molecule has 0 radical (unpaired) electrons. The molecular formula is C16F34O3S. The lowest BCUT2D eigenvalue weighted by Gasteiger charge is -2.45. The standard InChI is InChI=1S/C16F34O3S/c17-1(18,3(21,22)5(25,26)7(29,30)9(33,34)13(41,42)43)2(19,20)4(23,24)6(27,28)8(31,32)11(37,38)15(47,48)53-54(51,52)16(49,50)12(39,40)10(35,36)14(44,45)46. The third kappa shape index (κ3) is 6.08. The van der Waals surface area contributed by atoms with Gasteiger partial charge < -0.3 is 0 Å². The minimum Gasteiger partial charge on any atom is -0.192 e. The van der Waals surface area contributed by atoms with Gasteiger partial charge in [-0.15, -0.1) is 0 Å². The van der Waals surface area contributed by atoms with E-state index >= 15 is 0 Å². The predicted octanol–water partition coefficient (Wildman–Crippen LogP) is 10.3. The van der Waals surface area contributed by atoms with E-state index in [1.807, 2.05) is 0 Å². The molecule has 0 heterocycles. The van der Waals surface area contributed by atoms with Crippen molar-refractivity contribution in [1.82, 2.24) is 0 Å². The van der Waals surface area contributed by atoms with Crippen LogP contribution in [0.3, 0.4) is 0 Å². The van der Waals surface area contributed by atoms with E-state index in [1.54, 1.807) is 0 Å². The highest BCUT2D eigenvalue weighted by molar-refractivity contribution is 7.87. The molecule has 326 valence electrons. The maximum absolute atomic E-state index is 13.8. The molecule has 0 rings (SSSR count). The lowest BCUT2D eigenvalue weighted by atomic mass is 9.85. The van der Waals surface area contributed by atoms with Gasteiger partial charge in [-0.05, 0) is 0 Å². The van der Waals surface area contributed by atoms with Gasteiger partial charge in [0.15, 0.2) is 0 Å². The van der Waals surface area contributed by atoms with Crippen molar-refractivity contribution in [3.63, 3.8) is 0 Å². The van der Waals surface area contributed by atoms with E-state index < -0.39 is 105 Å². The number of hydrogen-bond acceptors (Lipinski definition) is 3. The van der Waals surface area contributed by atoms with Crippen LogP contribution in [0.5, 0.6) is 0 Å². The molecule has 0 atom stereocenters. The Bertz CT molecular complexity index is 1490. The number of halogens is 34. The first-order valence-corrected chi connectivity index (χ1v) is 12.2. The molecule has 0 aliphatic carbocycles. The van der Waals surface area contributed by atoms with Crippen molar-refractivity contribution in [2.24, 2.45) is 0 Å². The molecule has 0 fully saturated rings. The lowest BCUT2D eigenvalue weighted by molar-refractivity contribution is -0.486. The summed E-state index contributed by atoms with van der Waals surface area (Å²) in [6.45, 7) is 0. The van der Waals surface area contributed by atoms with Gasteiger partial charge in [0, 0.05) is 0 Å². The first kappa shape index (κ1) is 51.5. The van der Waals surface area contributed by atoms with Gasteiger partial charge in [0.2, 0.25) is 0 Å². The van der Waals surface area contributed by atoms with Crippen LogP contribution in [-0.4, -0.2) is 103 Å². The average molecular weight is 918 g/mol. The third-order valence-corrected chi connectivity index (χ3v) is 7.23. The maximum Gasteiger partial charge on any atom is 0.460 e. The second kappa shape index (κ2) is 12.3. The topological polar surface area (TPSA) is 43.4 Å². The van der Waals surface area contributed by atoms with Crippen molar-refractivity contribution in [3.05, 3.63) is 0 Å². The molecule has 0 bridgehead atoms. The number of hydrogen-bond donors (Lipinski definition) is 0. The fourth-order valence-corrected chi connectivity index (χ4v) is 3.63. The normalized spacial score (nSPS) is 17.3. The minimum absolute atomic E-state index is 0.791. The Morgan fingerprint density at radius 3 is 0.611 bits per heavy atom. The molecule has 0 aliphatic heterocycles. The van der Waals surface area contributed by atoms with Crippen molar-refractivity contribution in [2.45, 2.75) is 94.8 Å². The first-order chi connectivity index (χ1) is 22.5. The van der Waals surface area contributed by atoms with Crippen molar-refractivity contribution in [1.29, 1.82) is 0 Å². The molecule has 0 spiro atoms. The molecule has 54 heavy (non-hydrogen) atoms. The van der Waals surface area contributed by atoms with Crippen LogP contribution in [0.15, 0.2) is 0 Å². The van der Waals surface area contributed by atoms with Crippen molar-refractivity contribution in [2.75, 3.05) is 0 Å². The summed E-state index contributed by atoms with van der Waals surface area (Å²) < 4.78 is 471. The van der Waals surface area contributed by atoms with Gasteiger partial charge in [-0.3, -0.25) is 0 Å². The van der Waals surface area contributed by atoms with Crippen LogP contribution in [0.4, 0.5) is 149 Å². The van der Waals surface area contributed by atoms with Gasteiger partial charge in [-0.1, -0.05) is 0 Å². The fraction of sp³-hybridized carbons (Fsp3) is 1.00. The zero-order valence-corrected chi connectivity index (χ0v) is 23.3. The van der Waals surface area contributed by atoms with E-state index in [2.05, 4.69) is 0 Å². The van der Waals surface area contributed by atoms with E-state index in [0.29, 0.717) is 0 Å². The summed E-state index contributed by atoms with van der Waals surface area (Å²) in [4.78, 5) is 0. The molecule has 0 saturated carbocycles. The Kier molecular flexibility index (Phi) is 11.7. The summed E-state index contributed by atoms with van der Waals surface area (Å²) >= 11 is 0. The smallest absolute Gasteiger partial charge is 0.192 e. The molecule has 0 aromatic rings. The summed E-state index contributed by atoms with van der Waals surface area (Å²) in [5.41, 5.74) is 0. The van der Waals surface area contributed by atoms with Gasteiger partial charge in [-0.2, -0.15) is 162 Å². The van der Waals surface area contributed by atoms with Gasteiger partial charge >= 0.3 is 105 Å². The van der Waals surface area contributed by atoms with Crippen LogP contribution >= 0.6 is 0 Å². The SMILES string of the molecule is O=S(=O)(OC(F)(F)C(F)(F)C(F)(F)C(F)(F)C(F)(F)C(F)(F)C(F)(F)C(F)(F)C(F)(F)C(F)(F)C(F)(F)C(F)(F)F)C(F)(F)C(F)(F)C(F)(F)C(F)(F)F. The Labute approximate surface area is 268 Å². The van der Waals surface area contributed by atoms with Crippen LogP contribution in [0.1, 0.15) is 0 Å². The zero-order valence-electron chi connectivity index (χ0n) is 22.5. The minimum atomic E-state index is -10.2. The van der Waals surface area contributed by atoms with E-state index in [9.17, 15) is 158 Å². The van der Waals surface area contributed by atoms with Crippen LogP contribution in [-0.2, 0) is 14.3 Å². The summed E-state index contributed by atoms with van der Waals surface area (Å²) in [6.07, 6.45) is -25.8. The molecule has 0 unspecified atom stereocenters. The molecule has 0 aliphatic rings. The summed E-state index contributed by atoms with van der Waals surface area (Å²) in [7, 11) is -9.79. The van der Waals surface area contributed by atoms with Crippen LogP contribution in [0.25, 0.3) is 0 Å². The van der Waals surface area contributed by atoms with Gasteiger partial charge in [0.1, 0.15) is 0 Å². The highest BCUT2D eigenvalue weighted by Crippen LogP contribution is 2.68. The Morgan fingerprint density at radius 2 is 0.407 bits per heavy atom. The van der Waals surface area contributed by atoms with Crippen LogP contribution in [0, 0.1) is 0 Å². The van der Waals surface area contributed by atoms with E-state index in [0.717, 1.165) is 4.18 Å². The molecule has 0 aromatic heterocycles. The van der Waals surface area contributed by atoms with Crippen LogP contribution < -0.4 is 0 Å². The highest BCUT2D eigenvalue weighted by atomic mass is 32.2. The average Bonchev–Trinajstić information content (AvgIpc) is 2.89. The second-order valence-corrected chi connectivity index (χ2v) is 11.0. The third-order valence-electron chi connectivity index (χ3n) is 5.91. The predicted molar refractivity (Wildman–Crippen MR) is 91.4 cm³/mol. The van der Waals surface area contributed by atoms with Crippen molar-refractivity contribution >= 4 is 10.1 Å². The Morgan fingerprint density at radius 1 is 0.241 bits per heavy atom. The van der Waals surface area contributed by atoms with E-state index in [-0.39, 0.29) is 0 Å². The maximum atomic E-state index is 13.8. The zero-order chi connectivity index (χ0) is 45.2. The first-order valence-electron chi connectivity index (χ1n) is 10.8. The summed E-state index contributed by atoms with van der Waals surface area (Å²) in [5.74, 6) is -116. The lowest BCUT2D eigenvalue weighted by Crippen LogP contribution is -2.78. The molecule has 3 nitrogen and oxygen atoms in total. The monoisotopic (exact) mass is 918 g/mol. The fourth-order valence-electron chi connectivity index (χ4n) is 2.70. The van der Waals surface area contributed by atoms with Crippen molar-refractivity contribution < 1.29 is 162 Å². The molecule has 0 N–H and O–H groups in total. The number of alkyl halides is 34. The van der Waals surface area contributed by atoms with Gasteiger partial charge in [0.05, 0.1) is 0 Å². The highest BCUT2D eigenvalue weighted by Gasteiger charge is 3.00. The Balaban J connectivity index is 7.55.